The summed E-state index contributed by atoms with van der Waals surface area (Å²) in [7, 11) is 0. The average molecular weight is 1920 g/mol. The average Bonchev–Trinajstić information content (AvgIpc) is 0.746. The van der Waals surface area contributed by atoms with Crippen LogP contribution in [0.2, 0.25) is 0 Å². The van der Waals surface area contributed by atoms with Crippen molar-refractivity contribution in [3.8, 4) is 0 Å². The number of carboxylic acids is 2. The first kappa shape index (κ1) is 117. The maximum atomic E-state index is 14.4. The number of ether oxygens (including phenoxy) is 12. The summed E-state index contributed by atoms with van der Waals surface area (Å²) in [6.45, 7) is -0.774. The van der Waals surface area contributed by atoms with E-state index >= 15 is 0 Å². The van der Waals surface area contributed by atoms with Crippen molar-refractivity contribution in [3.63, 3.8) is 0 Å². The smallest absolute Gasteiger partial charge is 0.364 e. The van der Waals surface area contributed by atoms with Gasteiger partial charge in [-0.1, -0.05) is 192 Å². The maximum absolute atomic E-state index is 14.4. The maximum Gasteiger partial charge on any atom is 0.364 e. The summed E-state index contributed by atoms with van der Waals surface area (Å²) in [5.41, 5.74) is 0. The number of nitrogens with one attached hydrogen (secondary N) is 3. The number of carbonyl (C=O) groups excluding carboxylic acids is 4. The van der Waals surface area contributed by atoms with E-state index in [4.69, 9.17) is 56.8 Å². The number of rotatable bonds is 65. The molecule has 34 atom stereocenters. The minimum absolute atomic E-state index is 0.0844. The standard InChI is InChI=1S/C91H159N3O39/c1-6-8-10-12-14-16-18-20-21-22-23-24-25-26-27-29-31-33-35-37-39-41-66(108)94-56(57(104)40-38-36-34-32-30-28-19-17-15-13-11-9-7-2)51-122-85-76(116)74(114)79(64(49-99)125-85)128-87-77(117)83(80(65(50-100)126-87)129-84-55(42-52(3)101)78(71(111)62(47-97)123-84)127-86-75(115)73(113)70(110)61(46-96)124-86)133-91(89(120)121)44-59(106)68(93-54(5)103)82(132-91)72(112)63(48-98)130-90(88(118)119)43-58(105)67(92-53(4)102)81(131-90)69(109)60(107)45-95/h20-21,38,40,55-65,67-87,95-100,104-107,109-117H,6-19,22-37,39,41-51H2,1-5H3,(H,92,102)(H,93,103)(H,94,108)(H,118,119)(H,120,121). The number of hydrogen-bond acceptors (Lipinski definition) is 37. The molecule has 42 heteroatoms. The lowest BCUT2D eigenvalue weighted by Crippen LogP contribution is -2.72. The molecule has 0 aliphatic carbocycles. The number of carbonyl (C=O) groups is 6. The van der Waals surface area contributed by atoms with Gasteiger partial charge in [0, 0.05) is 45.4 Å². The zero-order valence-electron chi connectivity index (χ0n) is 77.7. The SMILES string of the molecule is CCCCCCCCC=CCCCCCCCCCCCCCC(=O)NC(COC1OC(CO)C(OC2OC(CO)C(OC3OC(CO)C(O)C(OC4OC(CO)C(O)C(O)C4O)C3CC(C)=O)C(OC3(C(=O)O)CC(O)C(NC(C)=O)C(C(O)C(CO)OC4(C(=O)O)CC(O)C(NC(C)=O)C(C(O)C(O)CO)O4)O3)C2O)C(O)C1O)C(O)C=CCCCCCCCCCCCCC. The van der Waals surface area contributed by atoms with Crippen LogP contribution in [0.25, 0.3) is 0 Å². The highest BCUT2D eigenvalue weighted by Crippen LogP contribution is 2.44. The van der Waals surface area contributed by atoms with Crippen LogP contribution in [-0.4, -0.2) is 390 Å². The number of aliphatic hydroxyl groups is 19. The van der Waals surface area contributed by atoms with Gasteiger partial charge in [-0.15, -0.1) is 0 Å². The van der Waals surface area contributed by atoms with E-state index in [1.807, 2.05) is 0 Å². The van der Waals surface area contributed by atoms with Crippen molar-refractivity contribution in [3.05, 3.63) is 24.3 Å². The Bertz CT molecular complexity index is 3360. The molecule has 6 saturated heterocycles. The molecule has 0 radical (unpaired) electrons. The van der Waals surface area contributed by atoms with Gasteiger partial charge in [0.15, 0.2) is 25.2 Å². The molecule has 6 fully saturated rings. The summed E-state index contributed by atoms with van der Waals surface area (Å²) in [4.78, 5) is 80.6. The molecule has 0 bridgehead atoms. The van der Waals surface area contributed by atoms with E-state index in [0.717, 1.165) is 104 Å². The minimum atomic E-state index is -3.68. The molecular weight excluding hydrogens is 1760 g/mol. The lowest BCUT2D eigenvalue weighted by Gasteiger charge is -2.53. The highest BCUT2D eigenvalue weighted by Gasteiger charge is 2.64. The monoisotopic (exact) mass is 1920 g/mol. The van der Waals surface area contributed by atoms with E-state index in [1.165, 1.54) is 109 Å². The van der Waals surface area contributed by atoms with Gasteiger partial charge in [0.25, 0.3) is 11.6 Å². The molecule has 0 aromatic rings. The van der Waals surface area contributed by atoms with Crippen molar-refractivity contribution < 1.29 is 193 Å². The number of Topliss-reactive ketones (excluding diaryl/α,β-unsaturated/α-hetero) is 1. The molecule has 6 heterocycles. The summed E-state index contributed by atoms with van der Waals surface area (Å²) >= 11 is 0. The van der Waals surface area contributed by atoms with E-state index in [9.17, 15) is 136 Å². The van der Waals surface area contributed by atoms with Gasteiger partial charge in [-0.05, 0) is 51.9 Å². The Morgan fingerprint density at radius 3 is 1.32 bits per heavy atom. The fourth-order valence-electron chi connectivity index (χ4n) is 17.9. The van der Waals surface area contributed by atoms with E-state index in [1.54, 1.807) is 6.08 Å². The van der Waals surface area contributed by atoms with Gasteiger partial charge in [-0.3, -0.25) is 14.4 Å². The number of allylic oxidation sites excluding steroid dienone is 3. The molecule has 0 aromatic heterocycles. The molecule has 133 heavy (non-hydrogen) atoms. The van der Waals surface area contributed by atoms with Crippen molar-refractivity contribution in [1.29, 1.82) is 0 Å². The summed E-state index contributed by atoms with van der Waals surface area (Å²) in [6.07, 6.45) is -22.8. The van der Waals surface area contributed by atoms with E-state index in [-0.39, 0.29) is 6.42 Å². The van der Waals surface area contributed by atoms with Gasteiger partial charge in [0.05, 0.1) is 88.8 Å². The minimum Gasteiger partial charge on any atom is -0.477 e. The van der Waals surface area contributed by atoms with Gasteiger partial charge >= 0.3 is 11.9 Å². The van der Waals surface area contributed by atoms with Crippen LogP contribution in [0.4, 0.5) is 0 Å². The predicted molar refractivity (Wildman–Crippen MR) is 469 cm³/mol. The third kappa shape index (κ3) is 35.8. The third-order valence-electron chi connectivity index (χ3n) is 25.5. The Morgan fingerprint density at radius 1 is 0.429 bits per heavy atom. The Labute approximate surface area is 778 Å². The van der Waals surface area contributed by atoms with Crippen molar-refractivity contribution >= 4 is 35.4 Å². The predicted octanol–water partition coefficient (Wildman–Crippen LogP) is -0.661. The number of aliphatic hydroxyl groups excluding tert-OH is 19. The van der Waals surface area contributed by atoms with Crippen molar-refractivity contribution in [1.82, 2.24) is 16.0 Å². The Balaban J connectivity index is 1.29. The van der Waals surface area contributed by atoms with Gasteiger partial charge in [0.1, 0.15) is 128 Å². The van der Waals surface area contributed by atoms with Gasteiger partial charge < -0.3 is 185 Å². The van der Waals surface area contributed by atoms with Crippen LogP contribution in [0.1, 0.15) is 259 Å². The summed E-state index contributed by atoms with van der Waals surface area (Å²) in [5.74, 6) is -16.5. The van der Waals surface area contributed by atoms with E-state index in [0.29, 0.717) is 12.8 Å². The van der Waals surface area contributed by atoms with Crippen molar-refractivity contribution in [2.24, 2.45) is 5.92 Å². The highest BCUT2D eigenvalue weighted by molar-refractivity contribution is 5.78. The first-order chi connectivity index (χ1) is 63.6. The van der Waals surface area contributed by atoms with Crippen LogP contribution in [0.5, 0.6) is 0 Å². The quantitative estimate of drug-likeness (QED) is 0.0265. The lowest BCUT2D eigenvalue weighted by atomic mass is 9.86. The topological polar surface area (TPSA) is 674 Å². The molecule has 0 aromatic carbocycles. The van der Waals surface area contributed by atoms with Crippen LogP contribution in [0.3, 0.4) is 0 Å². The first-order valence-electron chi connectivity index (χ1n) is 48.1. The molecule has 772 valence electrons. The van der Waals surface area contributed by atoms with E-state index in [2.05, 4.69) is 41.9 Å². The zero-order valence-corrected chi connectivity index (χ0v) is 77.7. The molecular formula is C91H159N3O39. The van der Waals surface area contributed by atoms with Gasteiger partial charge in [0.2, 0.25) is 17.7 Å². The van der Waals surface area contributed by atoms with Gasteiger partial charge in [-0.2, -0.15) is 0 Å². The summed E-state index contributed by atoms with van der Waals surface area (Å²) in [6, 6.07) is -5.10. The lowest BCUT2D eigenvalue weighted by molar-refractivity contribution is -0.407. The Kier molecular flexibility index (Phi) is 53.7. The zero-order chi connectivity index (χ0) is 98.1. The first-order valence-corrected chi connectivity index (χ1v) is 48.1. The number of amides is 3. The second-order valence-corrected chi connectivity index (χ2v) is 36.3. The van der Waals surface area contributed by atoms with Crippen LogP contribution < -0.4 is 16.0 Å². The van der Waals surface area contributed by atoms with Crippen LogP contribution in [0.15, 0.2) is 24.3 Å². The van der Waals surface area contributed by atoms with Crippen molar-refractivity contribution in [2.45, 2.75) is 461 Å². The molecule has 6 aliphatic rings. The molecule has 24 N–H and O–H groups in total. The van der Waals surface area contributed by atoms with Crippen LogP contribution >= 0.6 is 0 Å². The van der Waals surface area contributed by atoms with Crippen LogP contribution in [0, 0.1) is 5.92 Å². The Hall–Kier alpha value is -4.74. The molecule has 6 aliphatic heterocycles. The molecule has 3 amide bonds. The number of carboxylic acid groups (broad SMARTS) is 2. The second kappa shape index (κ2) is 61.1. The molecule has 6 rings (SSSR count). The van der Waals surface area contributed by atoms with Gasteiger partial charge in [-0.25, -0.2) is 9.59 Å². The number of aliphatic carboxylic acids is 2. The third-order valence-corrected chi connectivity index (χ3v) is 25.5. The fraction of sp³-hybridized carbons (Fsp3) is 0.890. The normalized spacial score (nSPS) is 34.2. The molecule has 0 saturated carbocycles. The largest absolute Gasteiger partial charge is 0.477 e. The Morgan fingerprint density at radius 2 is 0.842 bits per heavy atom. The fourth-order valence-corrected chi connectivity index (χ4v) is 17.9. The summed E-state index contributed by atoms with van der Waals surface area (Å²) < 4.78 is 72.6. The van der Waals surface area contributed by atoms with Crippen LogP contribution in [-0.2, 0) is 85.6 Å². The highest BCUT2D eigenvalue weighted by atomic mass is 16.8. The number of ketones is 1. The number of hydrogen-bond donors (Lipinski definition) is 24. The summed E-state index contributed by atoms with van der Waals surface area (Å²) in [5, 5.41) is 246. The second-order valence-electron chi connectivity index (χ2n) is 36.3. The molecule has 34 unspecified atom stereocenters. The molecule has 42 nitrogen and oxygen atoms in total. The van der Waals surface area contributed by atoms with E-state index < -0.39 is 308 Å². The van der Waals surface area contributed by atoms with Crippen molar-refractivity contribution in [2.75, 3.05) is 46.2 Å². The molecule has 0 spiro atoms. The number of unbranched alkanes of at least 4 members (excludes halogenated alkanes) is 28.